The van der Waals surface area contributed by atoms with E-state index in [0.29, 0.717) is 23.5 Å². The Balaban J connectivity index is 1.25. The molecule has 9 heteroatoms. The van der Waals surface area contributed by atoms with Crippen LogP contribution in [0.5, 0.6) is 0 Å². The van der Waals surface area contributed by atoms with Crippen LogP contribution in [0.1, 0.15) is 15.9 Å². The van der Waals surface area contributed by atoms with Gasteiger partial charge in [0.1, 0.15) is 0 Å². The van der Waals surface area contributed by atoms with Crippen molar-refractivity contribution < 1.29 is 14.3 Å². The fourth-order valence-corrected chi connectivity index (χ4v) is 5.12. The van der Waals surface area contributed by atoms with E-state index in [4.69, 9.17) is 4.74 Å². The van der Waals surface area contributed by atoms with Crippen LogP contribution in [-0.2, 0) is 11.3 Å². The standard InChI is InChI=1S/C31H38N6O3/c38-30(32-13-14-35-19-21-40-22-20-35)28-23-27(34-31(39)33-26-9-5-2-6-10-26)11-12-29(28)37-17-15-36(16-18-37)24-25-7-3-1-4-8-25/h1-12,23H,13-22,24H2,(H,32,38)(H2,33,34,39). The van der Waals surface area contributed by atoms with Gasteiger partial charge in [-0.1, -0.05) is 48.5 Å². The zero-order valence-corrected chi connectivity index (χ0v) is 22.9. The van der Waals surface area contributed by atoms with Gasteiger partial charge < -0.3 is 25.6 Å². The van der Waals surface area contributed by atoms with E-state index in [-0.39, 0.29) is 11.9 Å². The van der Waals surface area contributed by atoms with Crippen LogP contribution >= 0.6 is 0 Å². The Bertz CT molecular complexity index is 1240. The number of nitrogens with one attached hydrogen (secondary N) is 3. The molecule has 0 aliphatic carbocycles. The molecule has 3 aromatic carbocycles. The Kier molecular flexibility index (Phi) is 9.63. The lowest BCUT2D eigenvalue weighted by atomic mass is 10.1. The van der Waals surface area contributed by atoms with Gasteiger partial charge in [-0.25, -0.2) is 4.79 Å². The Morgan fingerprint density at radius 2 is 1.40 bits per heavy atom. The van der Waals surface area contributed by atoms with Gasteiger partial charge in [-0.15, -0.1) is 0 Å². The number of rotatable bonds is 9. The molecular formula is C31H38N6O3. The predicted octanol–water partition coefficient (Wildman–Crippen LogP) is 3.71. The number of nitrogens with zero attached hydrogens (tertiary/aromatic N) is 3. The van der Waals surface area contributed by atoms with Crippen molar-refractivity contribution in [3.05, 3.63) is 90.0 Å². The zero-order valence-electron chi connectivity index (χ0n) is 22.9. The Morgan fingerprint density at radius 3 is 2.12 bits per heavy atom. The lowest BCUT2D eigenvalue weighted by molar-refractivity contribution is 0.0383. The summed E-state index contributed by atoms with van der Waals surface area (Å²) in [6, 6.07) is 25.0. The van der Waals surface area contributed by atoms with Crippen LogP contribution in [0.2, 0.25) is 0 Å². The lowest BCUT2D eigenvalue weighted by Crippen LogP contribution is -2.46. The summed E-state index contributed by atoms with van der Waals surface area (Å²) < 4.78 is 5.42. The van der Waals surface area contributed by atoms with Crippen LogP contribution in [-0.4, -0.2) is 87.3 Å². The van der Waals surface area contributed by atoms with E-state index in [1.54, 1.807) is 6.07 Å². The highest BCUT2D eigenvalue weighted by molar-refractivity contribution is 6.04. The predicted molar refractivity (Wildman–Crippen MR) is 159 cm³/mol. The van der Waals surface area contributed by atoms with Gasteiger partial charge in [-0.2, -0.15) is 0 Å². The van der Waals surface area contributed by atoms with Crippen LogP contribution in [0.25, 0.3) is 0 Å². The number of hydrogen-bond acceptors (Lipinski definition) is 6. The quantitative estimate of drug-likeness (QED) is 0.382. The molecule has 0 unspecified atom stereocenters. The molecule has 0 saturated carbocycles. The second-order valence-corrected chi connectivity index (χ2v) is 10.1. The average Bonchev–Trinajstić information content (AvgIpc) is 2.99. The first-order valence-corrected chi connectivity index (χ1v) is 14.0. The maximum atomic E-state index is 13.5. The molecule has 0 spiro atoms. The molecule has 2 heterocycles. The van der Waals surface area contributed by atoms with Gasteiger partial charge in [0.2, 0.25) is 0 Å². The fourth-order valence-electron chi connectivity index (χ4n) is 5.12. The first-order chi connectivity index (χ1) is 19.6. The van der Waals surface area contributed by atoms with Crippen molar-refractivity contribution in [3.63, 3.8) is 0 Å². The molecule has 0 atom stereocenters. The normalized spacial score (nSPS) is 16.4. The van der Waals surface area contributed by atoms with Gasteiger partial charge in [0.05, 0.1) is 18.8 Å². The summed E-state index contributed by atoms with van der Waals surface area (Å²) in [7, 11) is 0. The maximum Gasteiger partial charge on any atom is 0.323 e. The topological polar surface area (TPSA) is 89.2 Å². The third-order valence-corrected chi connectivity index (χ3v) is 7.31. The molecule has 5 rings (SSSR count). The highest BCUT2D eigenvalue weighted by atomic mass is 16.5. The molecular weight excluding hydrogens is 504 g/mol. The molecule has 9 nitrogen and oxygen atoms in total. The first kappa shape index (κ1) is 27.6. The van der Waals surface area contributed by atoms with Gasteiger partial charge >= 0.3 is 6.03 Å². The second-order valence-electron chi connectivity index (χ2n) is 10.1. The molecule has 2 aliphatic rings. The van der Waals surface area contributed by atoms with Crippen molar-refractivity contribution in [1.82, 2.24) is 15.1 Å². The fraction of sp³-hybridized carbons (Fsp3) is 0.355. The number of urea groups is 1. The number of ether oxygens (including phenoxy) is 1. The van der Waals surface area contributed by atoms with Crippen molar-refractivity contribution in [2.45, 2.75) is 6.54 Å². The average molecular weight is 543 g/mol. The van der Waals surface area contributed by atoms with Gasteiger partial charge in [0, 0.05) is 76.0 Å². The summed E-state index contributed by atoms with van der Waals surface area (Å²) in [4.78, 5) is 33.1. The Morgan fingerprint density at radius 1 is 0.725 bits per heavy atom. The number of anilines is 3. The number of para-hydroxylation sites is 1. The Hall–Kier alpha value is -3.92. The summed E-state index contributed by atoms with van der Waals surface area (Å²) >= 11 is 0. The second kappa shape index (κ2) is 13.9. The van der Waals surface area contributed by atoms with Gasteiger partial charge in [-0.3, -0.25) is 14.6 Å². The van der Waals surface area contributed by atoms with Crippen LogP contribution in [0.3, 0.4) is 0 Å². The molecule has 0 radical (unpaired) electrons. The molecule has 3 N–H and O–H groups in total. The SMILES string of the molecule is O=C(Nc1ccccc1)Nc1ccc(N2CCN(Cc3ccccc3)CC2)c(C(=O)NCCN2CCOCC2)c1. The smallest absolute Gasteiger partial charge is 0.323 e. The third-order valence-electron chi connectivity index (χ3n) is 7.31. The van der Waals surface area contributed by atoms with Crippen molar-refractivity contribution in [1.29, 1.82) is 0 Å². The number of carbonyl (C=O) groups excluding carboxylic acids is 2. The van der Waals surface area contributed by atoms with E-state index in [9.17, 15) is 9.59 Å². The van der Waals surface area contributed by atoms with E-state index < -0.39 is 0 Å². The minimum atomic E-state index is -0.354. The van der Waals surface area contributed by atoms with Gasteiger partial charge in [0.25, 0.3) is 5.91 Å². The van der Waals surface area contributed by atoms with Crippen molar-refractivity contribution in [2.75, 3.05) is 81.1 Å². The highest BCUT2D eigenvalue weighted by Gasteiger charge is 2.23. The molecule has 2 fully saturated rings. The molecule has 210 valence electrons. The van der Waals surface area contributed by atoms with E-state index >= 15 is 0 Å². The molecule has 0 aromatic heterocycles. The molecule has 0 bridgehead atoms. The number of hydrogen-bond donors (Lipinski definition) is 3. The summed E-state index contributed by atoms with van der Waals surface area (Å²) in [6.07, 6.45) is 0. The minimum absolute atomic E-state index is 0.137. The van der Waals surface area contributed by atoms with E-state index in [0.717, 1.165) is 71.3 Å². The van der Waals surface area contributed by atoms with Crippen LogP contribution in [0.4, 0.5) is 21.9 Å². The number of carbonyl (C=O) groups is 2. The van der Waals surface area contributed by atoms with Crippen molar-refractivity contribution in [2.24, 2.45) is 0 Å². The van der Waals surface area contributed by atoms with Crippen LogP contribution < -0.4 is 20.9 Å². The first-order valence-electron chi connectivity index (χ1n) is 14.0. The van der Waals surface area contributed by atoms with Gasteiger partial charge in [0.15, 0.2) is 0 Å². The largest absolute Gasteiger partial charge is 0.379 e. The molecule has 40 heavy (non-hydrogen) atoms. The lowest BCUT2D eigenvalue weighted by Gasteiger charge is -2.37. The maximum absolute atomic E-state index is 13.5. The van der Waals surface area contributed by atoms with Gasteiger partial charge in [-0.05, 0) is 35.9 Å². The number of benzene rings is 3. The van der Waals surface area contributed by atoms with Crippen molar-refractivity contribution in [3.8, 4) is 0 Å². The molecule has 3 aromatic rings. The van der Waals surface area contributed by atoms with E-state index in [1.807, 2.05) is 48.5 Å². The zero-order chi connectivity index (χ0) is 27.6. The Labute approximate surface area is 236 Å². The molecule has 2 saturated heterocycles. The van der Waals surface area contributed by atoms with E-state index in [2.05, 4.69) is 54.9 Å². The highest BCUT2D eigenvalue weighted by Crippen LogP contribution is 2.26. The van der Waals surface area contributed by atoms with E-state index in [1.165, 1.54) is 5.56 Å². The summed E-state index contributed by atoms with van der Waals surface area (Å²) in [5, 5.41) is 8.81. The minimum Gasteiger partial charge on any atom is -0.379 e. The summed E-state index contributed by atoms with van der Waals surface area (Å²) in [6.45, 7) is 8.93. The molecule has 3 amide bonds. The van der Waals surface area contributed by atoms with Crippen LogP contribution in [0, 0.1) is 0 Å². The third kappa shape index (κ3) is 7.81. The molecule has 2 aliphatic heterocycles. The van der Waals surface area contributed by atoms with Crippen molar-refractivity contribution >= 4 is 29.0 Å². The summed E-state index contributed by atoms with van der Waals surface area (Å²) in [5.41, 5.74) is 4.03. The number of amides is 3. The number of morpholine rings is 1. The van der Waals surface area contributed by atoms with Crippen LogP contribution in [0.15, 0.2) is 78.9 Å². The monoisotopic (exact) mass is 542 g/mol. The number of piperazine rings is 1. The summed E-state index contributed by atoms with van der Waals surface area (Å²) in [5.74, 6) is -0.137.